The van der Waals surface area contributed by atoms with Crippen LogP contribution < -0.4 is 0 Å². The van der Waals surface area contributed by atoms with Crippen molar-refractivity contribution in [3.63, 3.8) is 0 Å². The monoisotopic (exact) mass is 383 g/mol. The van der Waals surface area contributed by atoms with Crippen molar-refractivity contribution in [2.75, 3.05) is 19.6 Å². The van der Waals surface area contributed by atoms with Crippen molar-refractivity contribution in [3.8, 4) is 0 Å². The second-order valence-corrected chi connectivity index (χ2v) is 9.40. The highest BCUT2D eigenvalue weighted by molar-refractivity contribution is 5.77. The van der Waals surface area contributed by atoms with Crippen LogP contribution in [0.4, 0.5) is 0 Å². The molecule has 4 atom stereocenters. The Balaban J connectivity index is 1.33. The molecule has 1 aromatic rings. The first kappa shape index (κ1) is 18.4. The van der Waals surface area contributed by atoms with E-state index in [0.29, 0.717) is 24.3 Å². The van der Waals surface area contributed by atoms with Gasteiger partial charge in [0.1, 0.15) is 5.76 Å². The molecule has 3 fully saturated rings. The van der Waals surface area contributed by atoms with Gasteiger partial charge in [-0.1, -0.05) is 23.2 Å². The quantitative estimate of drug-likeness (QED) is 0.748. The highest BCUT2D eigenvalue weighted by atomic mass is 16.5. The lowest BCUT2D eigenvalue weighted by Crippen LogP contribution is -2.60. The number of amides is 1. The van der Waals surface area contributed by atoms with Crippen LogP contribution in [-0.4, -0.2) is 52.6 Å². The zero-order valence-electron chi connectivity index (χ0n) is 17.3. The Labute approximate surface area is 168 Å². The molecular weight excluding hydrogens is 350 g/mol. The maximum Gasteiger partial charge on any atom is 0.223 e. The van der Waals surface area contributed by atoms with Gasteiger partial charge >= 0.3 is 0 Å². The normalized spacial score (nSPS) is 32.5. The minimum atomic E-state index is 0.315. The summed E-state index contributed by atoms with van der Waals surface area (Å²) in [5.41, 5.74) is 3.61. The lowest BCUT2D eigenvalue weighted by atomic mass is 9.68. The van der Waals surface area contributed by atoms with Crippen molar-refractivity contribution in [3.05, 3.63) is 28.7 Å². The molecule has 1 aliphatic carbocycles. The number of carbonyl (C=O) groups is 1. The van der Waals surface area contributed by atoms with Gasteiger partial charge in [0.05, 0.1) is 11.7 Å². The van der Waals surface area contributed by atoms with Crippen molar-refractivity contribution in [1.82, 2.24) is 15.0 Å². The van der Waals surface area contributed by atoms with Gasteiger partial charge in [0.2, 0.25) is 5.91 Å². The van der Waals surface area contributed by atoms with E-state index in [9.17, 15) is 4.79 Å². The van der Waals surface area contributed by atoms with Crippen LogP contribution >= 0.6 is 0 Å². The number of hydrogen-bond donors (Lipinski definition) is 0. The molecule has 5 nitrogen and oxygen atoms in total. The van der Waals surface area contributed by atoms with E-state index >= 15 is 0 Å². The van der Waals surface area contributed by atoms with Gasteiger partial charge in [0.25, 0.3) is 0 Å². The number of aromatic nitrogens is 1. The summed E-state index contributed by atoms with van der Waals surface area (Å²) in [6, 6.07) is 1.12. The second kappa shape index (κ2) is 7.33. The van der Waals surface area contributed by atoms with Crippen LogP contribution in [-0.2, 0) is 11.2 Å². The molecule has 0 saturated carbocycles. The molecule has 0 radical (unpaired) electrons. The van der Waals surface area contributed by atoms with Crippen molar-refractivity contribution < 1.29 is 9.32 Å². The summed E-state index contributed by atoms with van der Waals surface area (Å²) in [6.07, 6.45) is 11.6. The van der Waals surface area contributed by atoms with Crippen LogP contribution in [0.2, 0.25) is 0 Å². The molecule has 4 aliphatic rings. The number of nitrogens with zero attached hydrogens (tertiary/aromatic N) is 3. The highest BCUT2D eigenvalue weighted by Gasteiger charge is 2.46. The Kier molecular flexibility index (Phi) is 4.82. The van der Waals surface area contributed by atoms with E-state index in [1.165, 1.54) is 45.2 Å². The molecule has 152 valence electrons. The van der Waals surface area contributed by atoms with Crippen LogP contribution in [0.3, 0.4) is 0 Å². The predicted octanol–water partition coefficient (Wildman–Crippen LogP) is 3.65. The third-order valence-electron chi connectivity index (χ3n) is 7.75. The van der Waals surface area contributed by atoms with Gasteiger partial charge < -0.3 is 9.42 Å². The Morgan fingerprint density at radius 1 is 1.25 bits per heavy atom. The zero-order valence-corrected chi connectivity index (χ0v) is 17.3. The summed E-state index contributed by atoms with van der Waals surface area (Å²) in [4.78, 5) is 18.2. The zero-order chi connectivity index (χ0) is 19.3. The Hall–Kier alpha value is -1.62. The summed E-state index contributed by atoms with van der Waals surface area (Å²) in [5.74, 6) is 2.52. The third kappa shape index (κ3) is 3.12. The van der Waals surface area contributed by atoms with E-state index in [-0.39, 0.29) is 0 Å². The van der Waals surface area contributed by atoms with Gasteiger partial charge in [-0.3, -0.25) is 9.69 Å². The average Bonchev–Trinajstić information content (AvgIpc) is 3.03. The van der Waals surface area contributed by atoms with Gasteiger partial charge in [0, 0.05) is 31.1 Å². The van der Waals surface area contributed by atoms with Crippen LogP contribution in [0.1, 0.15) is 62.0 Å². The molecule has 5 rings (SSSR count). The molecule has 5 heteroatoms. The first-order valence-corrected chi connectivity index (χ1v) is 11.3. The maximum absolute atomic E-state index is 13.2. The number of fused-ring (bicyclic) bond motifs is 6. The molecule has 0 aromatic carbocycles. The van der Waals surface area contributed by atoms with Gasteiger partial charge in [-0.15, -0.1) is 0 Å². The Morgan fingerprint density at radius 3 is 2.96 bits per heavy atom. The van der Waals surface area contributed by atoms with Crippen molar-refractivity contribution in [2.24, 2.45) is 11.8 Å². The fraction of sp³-hybridized carbons (Fsp3) is 0.739. The number of hydrogen-bond acceptors (Lipinski definition) is 4. The van der Waals surface area contributed by atoms with Crippen LogP contribution in [0.5, 0.6) is 0 Å². The van der Waals surface area contributed by atoms with E-state index < -0.39 is 0 Å². The number of aryl methyl sites for hydroxylation is 2. The van der Waals surface area contributed by atoms with Gasteiger partial charge in [-0.05, 0) is 70.8 Å². The van der Waals surface area contributed by atoms with Crippen molar-refractivity contribution in [1.29, 1.82) is 0 Å². The molecule has 3 aliphatic heterocycles. The summed E-state index contributed by atoms with van der Waals surface area (Å²) in [5, 5.41) is 4.04. The first-order valence-electron chi connectivity index (χ1n) is 11.3. The minimum Gasteiger partial charge on any atom is -0.361 e. The van der Waals surface area contributed by atoms with Gasteiger partial charge in [0.15, 0.2) is 0 Å². The van der Waals surface area contributed by atoms with E-state index in [0.717, 1.165) is 48.4 Å². The molecule has 4 heterocycles. The number of likely N-dealkylation sites (tertiary alicyclic amines) is 1. The summed E-state index contributed by atoms with van der Waals surface area (Å²) in [6.45, 7) is 7.29. The maximum atomic E-state index is 13.2. The number of piperidine rings is 3. The minimum absolute atomic E-state index is 0.315. The smallest absolute Gasteiger partial charge is 0.223 e. The fourth-order valence-electron chi connectivity index (χ4n) is 6.49. The van der Waals surface area contributed by atoms with Crippen molar-refractivity contribution >= 4 is 5.91 Å². The largest absolute Gasteiger partial charge is 0.361 e. The van der Waals surface area contributed by atoms with Crippen LogP contribution in [0, 0.1) is 25.7 Å². The van der Waals surface area contributed by atoms with E-state index in [1.807, 2.05) is 13.8 Å². The Bertz CT molecular complexity index is 763. The highest BCUT2D eigenvalue weighted by Crippen LogP contribution is 2.45. The molecule has 3 saturated heterocycles. The molecule has 2 unspecified atom stereocenters. The first-order chi connectivity index (χ1) is 13.6. The summed E-state index contributed by atoms with van der Waals surface area (Å²) in [7, 11) is 0. The third-order valence-corrected chi connectivity index (χ3v) is 7.75. The standard InChI is InChI=1S/C23H33N3O2/c1-15-20(16(2)28-24-15)8-9-22(27)26-11-5-6-17-12-18-13-19(23(17)26)14-25-10-4-3-7-21(18)25/h12,18-19,21,23H,3-11,13-14H2,1-2H3/t18-,19-,21?,23?/m0/s1. The molecule has 28 heavy (non-hydrogen) atoms. The summed E-state index contributed by atoms with van der Waals surface area (Å²) >= 11 is 0. The van der Waals surface area contributed by atoms with E-state index in [1.54, 1.807) is 5.57 Å². The summed E-state index contributed by atoms with van der Waals surface area (Å²) < 4.78 is 5.27. The van der Waals surface area contributed by atoms with Crippen LogP contribution in [0.25, 0.3) is 0 Å². The lowest BCUT2D eigenvalue weighted by molar-refractivity contribution is -0.136. The SMILES string of the molecule is Cc1noc(C)c1CCC(=O)N1CCCC2=C[C@H]3C[C@@H](CN4CCCCC34)C21. The number of carbonyl (C=O) groups excluding carboxylic acids is 1. The van der Waals surface area contributed by atoms with Gasteiger partial charge in [-0.25, -0.2) is 0 Å². The molecular formula is C23H33N3O2. The van der Waals surface area contributed by atoms with Gasteiger partial charge in [-0.2, -0.15) is 0 Å². The van der Waals surface area contributed by atoms with Crippen molar-refractivity contribution in [2.45, 2.75) is 77.3 Å². The predicted molar refractivity (Wildman–Crippen MR) is 108 cm³/mol. The van der Waals surface area contributed by atoms with E-state index in [2.05, 4.69) is 21.0 Å². The Morgan fingerprint density at radius 2 is 2.14 bits per heavy atom. The number of rotatable bonds is 3. The topological polar surface area (TPSA) is 49.6 Å². The van der Waals surface area contributed by atoms with E-state index in [4.69, 9.17) is 4.52 Å². The average molecular weight is 384 g/mol. The fourth-order valence-corrected chi connectivity index (χ4v) is 6.49. The molecule has 1 aromatic heterocycles. The lowest BCUT2D eigenvalue weighted by Gasteiger charge is -2.54. The molecule has 2 bridgehead atoms. The van der Waals surface area contributed by atoms with Crippen LogP contribution in [0.15, 0.2) is 16.2 Å². The molecule has 1 amide bonds. The molecule has 0 spiro atoms. The second-order valence-electron chi connectivity index (χ2n) is 9.40. The molecule has 0 N–H and O–H groups in total.